The molecule has 1 aliphatic rings. The largest absolute Gasteiger partial charge is 0.371 e. The first-order chi connectivity index (χ1) is 9.92. The van der Waals surface area contributed by atoms with Crippen LogP contribution in [0.4, 0.5) is 5.69 Å². The molecule has 0 aliphatic carbocycles. The minimum atomic E-state index is 0.608. The zero-order valence-corrected chi connectivity index (χ0v) is 11.5. The van der Waals surface area contributed by atoms with Crippen LogP contribution < -0.4 is 10.2 Å². The molecule has 0 spiro atoms. The van der Waals surface area contributed by atoms with Crippen LogP contribution in [0.1, 0.15) is 12.8 Å². The molecule has 0 bridgehead atoms. The van der Waals surface area contributed by atoms with E-state index in [0.29, 0.717) is 6.04 Å². The summed E-state index contributed by atoms with van der Waals surface area (Å²) in [4.78, 5) is 6.50. The molecular weight excluding hydrogens is 252 g/mol. The second-order valence-electron chi connectivity index (χ2n) is 5.09. The molecule has 2 aromatic rings. The fraction of sp³-hybridized carbons (Fsp3) is 0.500. The highest BCUT2D eigenvalue weighted by Crippen LogP contribution is 2.18. The van der Waals surface area contributed by atoms with Gasteiger partial charge in [0.2, 0.25) is 0 Å². The van der Waals surface area contributed by atoms with Crippen LogP contribution in [0.15, 0.2) is 36.9 Å². The maximum Gasteiger partial charge on any atom is 0.0692 e. The van der Waals surface area contributed by atoms with Crippen LogP contribution in [-0.2, 0) is 6.54 Å². The van der Waals surface area contributed by atoms with E-state index in [4.69, 9.17) is 0 Å². The molecule has 1 N–H and O–H groups in total. The predicted octanol–water partition coefficient (Wildman–Crippen LogP) is 0.932. The van der Waals surface area contributed by atoms with Gasteiger partial charge < -0.3 is 10.2 Å². The third kappa shape index (κ3) is 3.33. The van der Waals surface area contributed by atoms with Crippen LogP contribution >= 0.6 is 0 Å². The van der Waals surface area contributed by atoms with Gasteiger partial charge in [0.1, 0.15) is 0 Å². The van der Waals surface area contributed by atoms with Gasteiger partial charge in [0.25, 0.3) is 0 Å². The van der Waals surface area contributed by atoms with Gasteiger partial charge in [0.05, 0.1) is 12.7 Å². The number of pyridine rings is 1. The van der Waals surface area contributed by atoms with Gasteiger partial charge in [0.15, 0.2) is 0 Å². The number of hydrogen-bond donors (Lipinski definition) is 1. The Morgan fingerprint density at radius 1 is 1.15 bits per heavy atom. The Hall–Kier alpha value is -1.95. The predicted molar refractivity (Wildman–Crippen MR) is 77.5 cm³/mol. The molecule has 0 radical (unpaired) electrons. The summed E-state index contributed by atoms with van der Waals surface area (Å²) in [7, 11) is 0. The maximum absolute atomic E-state index is 4.07. The van der Waals surface area contributed by atoms with E-state index in [1.807, 2.05) is 23.3 Å². The van der Waals surface area contributed by atoms with Crippen molar-refractivity contribution in [3.8, 4) is 0 Å². The Morgan fingerprint density at radius 3 is 2.65 bits per heavy atom. The van der Waals surface area contributed by atoms with E-state index in [2.05, 4.69) is 37.6 Å². The number of nitrogens with one attached hydrogen (secondary N) is 1. The van der Waals surface area contributed by atoms with E-state index in [9.17, 15) is 0 Å². The lowest BCUT2D eigenvalue weighted by Gasteiger charge is -2.34. The van der Waals surface area contributed by atoms with Gasteiger partial charge in [-0.15, -0.1) is 5.10 Å². The molecule has 0 amide bonds. The summed E-state index contributed by atoms with van der Waals surface area (Å²) in [6.07, 6.45) is 9.69. The third-order valence-electron chi connectivity index (χ3n) is 3.77. The molecule has 2 aromatic heterocycles. The van der Waals surface area contributed by atoms with Crippen molar-refractivity contribution < 1.29 is 0 Å². The van der Waals surface area contributed by atoms with Crippen molar-refractivity contribution in [2.45, 2.75) is 25.4 Å². The average Bonchev–Trinajstić information content (AvgIpc) is 3.02. The quantitative estimate of drug-likeness (QED) is 0.877. The maximum atomic E-state index is 4.07. The van der Waals surface area contributed by atoms with Crippen LogP contribution in [0.5, 0.6) is 0 Å². The lowest BCUT2D eigenvalue weighted by molar-refractivity contribution is 0.399. The molecule has 1 aliphatic heterocycles. The molecule has 0 aromatic carbocycles. The first-order valence-corrected chi connectivity index (χ1v) is 7.14. The van der Waals surface area contributed by atoms with Gasteiger partial charge in [-0.3, -0.25) is 9.67 Å². The summed E-state index contributed by atoms with van der Waals surface area (Å²) >= 11 is 0. The van der Waals surface area contributed by atoms with E-state index in [1.54, 1.807) is 6.20 Å². The van der Waals surface area contributed by atoms with Crippen LogP contribution in [0.25, 0.3) is 0 Å². The fourth-order valence-electron chi connectivity index (χ4n) is 2.63. The van der Waals surface area contributed by atoms with Crippen molar-refractivity contribution in [2.24, 2.45) is 0 Å². The Balaban J connectivity index is 1.40. The van der Waals surface area contributed by atoms with Gasteiger partial charge in [-0.2, -0.15) is 0 Å². The normalized spacial score (nSPS) is 16.5. The zero-order valence-electron chi connectivity index (χ0n) is 11.5. The smallest absolute Gasteiger partial charge is 0.0692 e. The molecule has 6 heteroatoms. The molecule has 0 unspecified atom stereocenters. The van der Waals surface area contributed by atoms with Crippen molar-refractivity contribution in [2.75, 3.05) is 24.5 Å². The third-order valence-corrected chi connectivity index (χ3v) is 3.77. The summed E-state index contributed by atoms with van der Waals surface area (Å²) in [5.74, 6) is 0. The molecule has 20 heavy (non-hydrogen) atoms. The molecule has 3 rings (SSSR count). The molecule has 1 fully saturated rings. The molecule has 106 valence electrons. The van der Waals surface area contributed by atoms with E-state index in [-0.39, 0.29) is 0 Å². The molecule has 0 atom stereocenters. The second-order valence-corrected chi connectivity index (χ2v) is 5.09. The van der Waals surface area contributed by atoms with Crippen LogP contribution in [0.3, 0.4) is 0 Å². The molecule has 3 heterocycles. The molecular formula is C14H20N6. The zero-order chi connectivity index (χ0) is 13.6. The second kappa shape index (κ2) is 6.47. The van der Waals surface area contributed by atoms with Gasteiger partial charge in [-0.25, -0.2) is 0 Å². The lowest BCUT2D eigenvalue weighted by atomic mass is 10.0. The van der Waals surface area contributed by atoms with E-state index in [0.717, 1.165) is 26.2 Å². The Bertz CT molecular complexity index is 490. The van der Waals surface area contributed by atoms with Crippen LogP contribution in [0, 0.1) is 0 Å². The van der Waals surface area contributed by atoms with Crippen molar-refractivity contribution >= 4 is 5.69 Å². The Morgan fingerprint density at radius 2 is 1.95 bits per heavy atom. The van der Waals surface area contributed by atoms with Crippen molar-refractivity contribution in [3.05, 3.63) is 36.9 Å². The highest BCUT2D eigenvalue weighted by molar-refractivity contribution is 5.44. The van der Waals surface area contributed by atoms with Crippen molar-refractivity contribution in [1.29, 1.82) is 0 Å². The van der Waals surface area contributed by atoms with E-state index < -0.39 is 0 Å². The molecule has 6 nitrogen and oxygen atoms in total. The summed E-state index contributed by atoms with van der Waals surface area (Å²) in [5, 5.41) is 11.4. The summed E-state index contributed by atoms with van der Waals surface area (Å²) in [6.45, 7) is 4.03. The van der Waals surface area contributed by atoms with Gasteiger partial charge in [-0.05, 0) is 25.0 Å². The lowest BCUT2D eigenvalue weighted by Crippen LogP contribution is -2.43. The van der Waals surface area contributed by atoms with E-state index >= 15 is 0 Å². The van der Waals surface area contributed by atoms with E-state index in [1.165, 1.54) is 18.5 Å². The van der Waals surface area contributed by atoms with Crippen LogP contribution in [-0.4, -0.2) is 45.7 Å². The SMILES string of the molecule is c1cc(N2CCC(NCCn3ccnn3)CC2)ccn1. The summed E-state index contributed by atoms with van der Waals surface area (Å²) in [5.41, 5.74) is 1.28. The number of aromatic nitrogens is 4. The number of piperidine rings is 1. The number of hydrogen-bond acceptors (Lipinski definition) is 5. The first-order valence-electron chi connectivity index (χ1n) is 7.14. The Labute approximate surface area is 118 Å². The Kier molecular flexibility index (Phi) is 4.22. The standard InChI is InChI=1S/C14H20N6/c1-5-15-6-2-14(1)19-9-3-13(4-10-19)16-7-11-20-12-8-17-18-20/h1-2,5-6,8,12-13,16H,3-4,7,9-11H2. The average molecular weight is 272 g/mol. The number of nitrogens with zero attached hydrogens (tertiary/aromatic N) is 5. The first kappa shape index (κ1) is 13.1. The topological polar surface area (TPSA) is 58.9 Å². The van der Waals surface area contributed by atoms with Gasteiger partial charge in [-0.1, -0.05) is 5.21 Å². The fourth-order valence-corrected chi connectivity index (χ4v) is 2.63. The monoisotopic (exact) mass is 272 g/mol. The highest BCUT2D eigenvalue weighted by atomic mass is 15.4. The minimum absolute atomic E-state index is 0.608. The van der Waals surface area contributed by atoms with Gasteiger partial charge in [0, 0.05) is 50.0 Å². The number of anilines is 1. The summed E-state index contributed by atoms with van der Waals surface area (Å²) < 4.78 is 1.86. The minimum Gasteiger partial charge on any atom is -0.371 e. The molecule has 0 saturated carbocycles. The van der Waals surface area contributed by atoms with Crippen molar-refractivity contribution in [3.63, 3.8) is 0 Å². The highest BCUT2D eigenvalue weighted by Gasteiger charge is 2.18. The molecule has 1 saturated heterocycles. The van der Waals surface area contributed by atoms with Gasteiger partial charge >= 0.3 is 0 Å². The number of rotatable bonds is 5. The summed E-state index contributed by atoms with van der Waals surface area (Å²) in [6, 6.07) is 4.77. The van der Waals surface area contributed by atoms with Crippen molar-refractivity contribution in [1.82, 2.24) is 25.3 Å². The van der Waals surface area contributed by atoms with Crippen LogP contribution in [0.2, 0.25) is 0 Å².